The highest BCUT2D eigenvalue weighted by Crippen LogP contribution is 2.25. The van der Waals surface area contributed by atoms with Crippen LogP contribution in [-0.2, 0) is 0 Å². The Morgan fingerprint density at radius 1 is 1.25 bits per heavy atom. The molecule has 2 rings (SSSR count). The molecule has 0 heterocycles. The maximum Gasteiger partial charge on any atom is 0.116 e. The number of halogens is 1. The standard InChI is InChI=1S/C10H6BrO/c11-10-3-1-2-7-6-8(12)4-5-9(7)10/h1-2,4-6,12H. The summed E-state index contributed by atoms with van der Waals surface area (Å²) in [5, 5.41) is 11.3. The monoisotopic (exact) mass is 221 g/mol. The van der Waals surface area contributed by atoms with Gasteiger partial charge >= 0.3 is 0 Å². The maximum absolute atomic E-state index is 9.20. The minimum Gasteiger partial charge on any atom is -0.508 e. The molecule has 2 heteroatoms. The van der Waals surface area contributed by atoms with Gasteiger partial charge < -0.3 is 5.11 Å². The second kappa shape index (κ2) is 2.79. The Bertz CT molecular complexity index is 423. The molecule has 0 aromatic heterocycles. The molecule has 0 spiro atoms. The largest absolute Gasteiger partial charge is 0.508 e. The number of phenolic OH excluding ortho intramolecular Hbond substituents is 1. The van der Waals surface area contributed by atoms with Crippen LogP contribution in [0, 0.1) is 6.07 Å². The third kappa shape index (κ3) is 1.18. The number of fused-ring (bicyclic) bond motifs is 1. The molecule has 0 atom stereocenters. The minimum absolute atomic E-state index is 0.292. The van der Waals surface area contributed by atoms with Crippen molar-refractivity contribution in [1.82, 2.24) is 0 Å². The van der Waals surface area contributed by atoms with Gasteiger partial charge in [0.2, 0.25) is 0 Å². The van der Waals surface area contributed by atoms with Gasteiger partial charge in [-0.05, 0) is 51.0 Å². The van der Waals surface area contributed by atoms with E-state index in [2.05, 4.69) is 22.0 Å². The Morgan fingerprint density at radius 3 is 2.92 bits per heavy atom. The van der Waals surface area contributed by atoms with E-state index in [1.807, 2.05) is 18.2 Å². The SMILES string of the molecule is Oc1ccc2c(Br)[c]ccc2c1. The number of benzene rings is 2. The van der Waals surface area contributed by atoms with Crippen molar-refractivity contribution in [3.05, 3.63) is 40.9 Å². The molecule has 0 aliphatic rings. The van der Waals surface area contributed by atoms with Crippen molar-refractivity contribution in [2.45, 2.75) is 0 Å². The van der Waals surface area contributed by atoms with Crippen molar-refractivity contribution in [1.29, 1.82) is 0 Å². The lowest BCUT2D eigenvalue weighted by molar-refractivity contribution is 0.476. The van der Waals surface area contributed by atoms with Crippen LogP contribution in [0.4, 0.5) is 0 Å². The highest BCUT2D eigenvalue weighted by Gasteiger charge is 1.97. The molecular formula is C10H6BrO. The van der Waals surface area contributed by atoms with Gasteiger partial charge in [0.05, 0.1) is 0 Å². The van der Waals surface area contributed by atoms with Gasteiger partial charge in [0.1, 0.15) is 5.75 Å². The average molecular weight is 222 g/mol. The highest BCUT2D eigenvalue weighted by atomic mass is 79.9. The number of phenols is 1. The first kappa shape index (κ1) is 7.62. The number of aromatic hydroxyl groups is 1. The molecule has 0 fully saturated rings. The summed E-state index contributed by atoms with van der Waals surface area (Å²) in [6.45, 7) is 0. The number of rotatable bonds is 0. The van der Waals surface area contributed by atoms with Gasteiger partial charge in [0.25, 0.3) is 0 Å². The lowest BCUT2D eigenvalue weighted by atomic mass is 10.1. The zero-order valence-corrected chi connectivity index (χ0v) is 7.80. The zero-order chi connectivity index (χ0) is 8.55. The molecule has 0 saturated carbocycles. The van der Waals surface area contributed by atoms with Crippen molar-refractivity contribution < 1.29 is 5.11 Å². The van der Waals surface area contributed by atoms with Crippen LogP contribution in [0.15, 0.2) is 34.8 Å². The van der Waals surface area contributed by atoms with E-state index in [4.69, 9.17) is 0 Å². The van der Waals surface area contributed by atoms with Crippen LogP contribution in [-0.4, -0.2) is 5.11 Å². The molecule has 1 nitrogen and oxygen atoms in total. The average Bonchev–Trinajstić information content (AvgIpc) is 2.04. The van der Waals surface area contributed by atoms with Gasteiger partial charge in [-0.2, -0.15) is 0 Å². The van der Waals surface area contributed by atoms with E-state index in [9.17, 15) is 5.11 Å². The van der Waals surface area contributed by atoms with Crippen LogP contribution in [0.5, 0.6) is 5.75 Å². The van der Waals surface area contributed by atoms with Crippen molar-refractivity contribution in [3.63, 3.8) is 0 Å². The third-order valence-corrected chi connectivity index (χ3v) is 2.40. The van der Waals surface area contributed by atoms with Crippen LogP contribution in [0.25, 0.3) is 10.8 Å². The lowest BCUT2D eigenvalue weighted by Gasteiger charge is -1.99. The van der Waals surface area contributed by atoms with E-state index in [1.165, 1.54) is 0 Å². The molecule has 0 aliphatic carbocycles. The van der Waals surface area contributed by atoms with Crippen LogP contribution in [0.2, 0.25) is 0 Å². The predicted octanol–water partition coefficient (Wildman–Crippen LogP) is 3.11. The fourth-order valence-corrected chi connectivity index (χ4v) is 1.66. The summed E-state index contributed by atoms with van der Waals surface area (Å²) in [5.74, 6) is 0.292. The molecule has 0 aliphatic heterocycles. The van der Waals surface area contributed by atoms with E-state index in [-0.39, 0.29) is 0 Å². The lowest BCUT2D eigenvalue weighted by Crippen LogP contribution is -1.73. The fraction of sp³-hybridized carbons (Fsp3) is 0. The van der Waals surface area contributed by atoms with E-state index >= 15 is 0 Å². The van der Waals surface area contributed by atoms with Crippen molar-refractivity contribution in [2.24, 2.45) is 0 Å². The molecule has 0 amide bonds. The first-order valence-corrected chi connectivity index (χ1v) is 4.35. The quantitative estimate of drug-likeness (QED) is 0.725. The van der Waals surface area contributed by atoms with Gasteiger partial charge in [0, 0.05) is 4.47 Å². The minimum atomic E-state index is 0.292. The summed E-state index contributed by atoms with van der Waals surface area (Å²) in [6.07, 6.45) is 0. The summed E-state index contributed by atoms with van der Waals surface area (Å²) < 4.78 is 0.931. The first-order valence-electron chi connectivity index (χ1n) is 3.56. The van der Waals surface area contributed by atoms with Crippen molar-refractivity contribution in [2.75, 3.05) is 0 Å². The molecule has 0 saturated heterocycles. The second-order valence-corrected chi connectivity index (χ2v) is 3.36. The molecule has 59 valence electrons. The number of hydrogen-bond donors (Lipinski definition) is 1. The van der Waals surface area contributed by atoms with E-state index < -0.39 is 0 Å². The van der Waals surface area contributed by atoms with Crippen LogP contribution in [0.3, 0.4) is 0 Å². The normalized spacial score (nSPS) is 10.4. The second-order valence-electron chi connectivity index (χ2n) is 2.56. The molecule has 0 unspecified atom stereocenters. The summed E-state index contributed by atoms with van der Waals surface area (Å²) in [5.41, 5.74) is 0. The van der Waals surface area contributed by atoms with E-state index in [0.29, 0.717) is 5.75 Å². The predicted molar refractivity (Wildman–Crippen MR) is 52.1 cm³/mol. The molecule has 12 heavy (non-hydrogen) atoms. The fourth-order valence-electron chi connectivity index (χ4n) is 1.17. The van der Waals surface area contributed by atoms with Crippen LogP contribution in [0.1, 0.15) is 0 Å². The molecule has 0 bridgehead atoms. The molecule has 1 radical (unpaired) electrons. The summed E-state index contributed by atoms with van der Waals surface area (Å²) in [4.78, 5) is 0. The molecule has 2 aromatic carbocycles. The van der Waals surface area contributed by atoms with Gasteiger partial charge in [-0.25, -0.2) is 0 Å². The zero-order valence-electron chi connectivity index (χ0n) is 6.21. The van der Waals surface area contributed by atoms with Crippen molar-refractivity contribution in [3.8, 4) is 5.75 Å². The first-order chi connectivity index (χ1) is 5.77. The van der Waals surface area contributed by atoms with Gasteiger partial charge in [-0.1, -0.05) is 12.1 Å². The Labute approximate surface area is 78.8 Å². The Morgan fingerprint density at radius 2 is 2.08 bits per heavy atom. The highest BCUT2D eigenvalue weighted by molar-refractivity contribution is 9.10. The summed E-state index contributed by atoms with van der Waals surface area (Å²) in [6, 6.07) is 12.0. The Kier molecular flexibility index (Phi) is 1.77. The molecule has 2 aromatic rings. The third-order valence-electron chi connectivity index (χ3n) is 1.74. The van der Waals surface area contributed by atoms with E-state index in [0.717, 1.165) is 15.2 Å². The molecule has 1 N–H and O–H groups in total. The summed E-state index contributed by atoms with van der Waals surface area (Å²) >= 11 is 3.38. The molecular weight excluding hydrogens is 216 g/mol. The van der Waals surface area contributed by atoms with Crippen LogP contribution < -0.4 is 0 Å². The summed E-state index contributed by atoms with van der Waals surface area (Å²) in [7, 11) is 0. The van der Waals surface area contributed by atoms with Gasteiger partial charge in [0.15, 0.2) is 0 Å². The van der Waals surface area contributed by atoms with Crippen molar-refractivity contribution >= 4 is 26.7 Å². The van der Waals surface area contributed by atoms with E-state index in [1.54, 1.807) is 12.1 Å². The topological polar surface area (TPSA) is 20.2 Å². The maximum atomic E-state index is 9.20. The smallest absolute Gasteiger partial charge is 0.116 e. The van der Waals surface area contributed by atoms with Gasteiger partial charge in [-0.15, -0.1) is 0 Å². The van der Waals surface area contributed by atoms with Gasteiger partial charge in [-0.3, -0.25) is 0 Å². The van der Waals surface area contributed by atoms with Crippen LogP contribution >= 0.6 is 15.9 Å². The Hall–Kier alpha value is -1.02. The Balaban J connectivity index is 2.86. The number of hydrogen-bond acceptors (Lipinski definition) is 1.